The monoisotopic (exact) mass is 286 g/mol. The van der Waals surface area contributed by atoms with Gasteiger partial charge in [-0.3, -0.25) is 4.98 Å². The van der Waals surface area contributed by atoms with E-state index in [4.69, 9.17) is 9.97 Å². The average Bonchev–Trinajstić information content (AvgIpc) is 2.94. The van der Waals surface area contributed by atoms with Crippen LogP contribution in [0.5, 0.6) is 0 Å². The Hall–Kier alpha value is -1.62. The van der Waals surface area contributed by atoms with Gasteiger partial charge in [0.05, 0.1) is 5.69 Å². The second-order valence-electron chi connectivity index (χ2n) is 4.87. The zero-order valence-electron chi connectivity index (χ0n) is 11.6. The van der Waals surface area contributed by atoms with Crippen LogP contribution in [0.25, 0.3) is 0 Å². The number of fused-ring (bicyclic) bond motifs is 1. The van der Waals surface area contributed by atoms with Crippen LogP contribution in [0.3, 0.4) is 0 Å². The molecule has 0 atom stereocenters. The molecule has 104 valence electrons. The van der Waals surface area contributed by atoms with E-state index in [0.29, 0.717) is 0 Å². The fourth-order valence-electron chi connectivity index (χ4n) is 2.26. The quantitative estimate of drug-likeness (QED) is 0.915. The van der Waals surface area contributed by atoms with Gasteiger partial charge in [-0.25, -0.2) is 9.97 Å². The fraction of sp³-hybridized carbons (Fsp3) is 0.400. The third kappa shape index (κ3) is 2.93. The molecule has 0 amide bonds. The molecule has 2 aromatic heterocycles. The number of hydrogen-bond donors (Lipinski definition) is 1. The molecule has 4 nitrogen and oxygen atoms in total. The van der Waals surface area contributed by atoms with Gasteiger partial charge in [-0.05, 0) is 18.1 Å². The number of nitrogens with zero attached hydrogens (tertiary/aromatic N) is 3. The minimum atomic E-state index is 0.743. The lowest BCUT2D eigenvalue weighted by molar-refractivity contribution is 0.902. The van der Waals surface area contributed by atoms with Crippen molar-refractivity contribution in [2.75, 3.05) is 11.9 Å². The summed E-state index contributed by atoms with van der Waals surface area (Å²) >= 11 is 1.91. The summed E-state index contributed by atoms with van der Waals surface area (Å²) in [5.41, 5.74) is 3.64. The Kier molecular flexibility index (Phi) is 4.16. The van der Waals surface area contributed by atoms with E-state index >= 15 is 0 Å². The van der Waals surface area contributed by atoms with Crippen molar-refractivity contribution in [1.29, 1.82) is 0 Å². The molecule has 0 unspecified atom stereocenters. The lowest BCUT2D eigenvalue weighted by Crippen LogP contribution is -2.10. The third-order valence-corrected chi connectivity index (χ3v) is 4.22. The number of anilines is 1. The number of thioether (sulfide) groups is 1. The van der Waals surface area contributed by atoms with Gasteiger partial charge in [-0.1, -0.05) is 13.0 Å². The van der Waals surface area contributed by atoms with Crippen LogP contribution in [0.15, 0.2) is 24.5 Å². The van der Waals surface area contributed by atoms with Gasteiger partial charge in [0.2, 0.25) is 0 Å². The lowest BCUT2D eigenvalue weighted by atomic mass is 10.2. The van der Waals surface area contributed by atoms with Crippen LogP contribution in [0.4, 0.5) is 5.82 Å². The van der Waals surface area contributed by atoms with E-state index in [9.17, 15) is 0 Å². The van der Waals surface area contributed by atoms with Crippen molar-refractivity contribution in [2.24, 2.45) is 0 Å². The zero-order chi connectivity index (χ0) is 13.8. The van der Waals surface area contributed by atoms with Crippen molar-refractivity contribution in [3.63, 3.8) is 0 Å². The highest BCUT2D eigenvalue weighted by atomic mass is 32.2. The maximum atomic E-state index is 4.72. The molecule has 0 aromatic carbocycles. The summed E-state index contributed by atoms with van der Waals surface area (Å²) in [5, 5.41) is 3.44. The van der Waals surface area contributed by atoms with Gasteiger partial charge in [0, 0.05) is 42.4 Å². The van der Waals surface area contributed by atoms with Crippen LogP contribution in [-0.4, -0.2) is 21.5 Å². The van der Waals surface area contributed by atoms with Gasteiger partial charge >= 0.3 is 0 Å². The van der Waals surface area contributed by atoms with Crippen LogP contribution >= 0.6 is 11.8 Å². The van der Waals surface area contributed by atoms with Crippen molar-refractivity contribution in [3.05, 3.63) is 47.2 Å². The minimum Gasteiger partial charge on any atom is -0.370 e. The molecule has 0 bridgehead atoms. The standard InChI is InChI=1S/C15H18N4S/c1-2-5-17-15-12-9-20-10-13(12)18-14(19-15)7-11-4-3-6-16-8-11/h3-4,6,8H,2,5,7,9-10H2,1H3,(H,17,18,19). The predicted molar refractivity (Wildman–Crippen MR) is 82.9 cm³/mol. The molecular weight excluding hydrogens is 268 g/mol. The number of hydrogen-bond acceptors (Lipinski definition) is 5. The zero-order valence-corrected chi connectivity index (χ0v) is 12.4. The Labute approximate surface area is 123 Å². The molecule has 0 saturated heterocycles. The first-order valence-electron chi connectivity index (χ1n) is 6.96. The van der Waals surface area contributed by atoms with Crippen molar-refractivity contribution in [2.45, 2.75) is 31.3 Å². The Morgan fingerprint density at radius 3 is 3.05 bits per heavy atom. The molecule has 1 N–H and O–H groups in total. The van der Waals surface area contributed by atoms with Crippen LogP contribution in [0.1, 0.15) is 36.0 Å². The summed E-state index contributed by atoms with van der Waals surface area (Å²) in [7, 11) is 0. The summed E-state index contributed by atoms with van der Waals surface area (Å²) in [6.45, 7) is 3.13. The molecule has 0 fully saturated rings. The van der Waals surface area contributed by atoms with E-state index in [1.165, 1.54) is 11.3 Å². The van der Waals surface area contributed by atoms with E-state index < -0.39 is 0 Å². The Balaban J connectivity index is 1.88. The summed E-state index contributed by atoms with van der Waals surface area (Å²) in [4.78, 5) is 13.6. The number of aromatic nitrogens is 3. The van der Waals surface area contributed by atoms with Gasteiger partial charge < -0.3 is 5.32 Å². The highest BCUT2D eigenvalue weighted by Crippen LogP contribution is 2.32. The van der Waals surface area contributed by atoms with Crippen molar-refractivity contribution in [1.82, 2.24) is 15.0 Å². The van der Waals surface area contributed by atoms with Crippen molar-refractivity contribution < 1.29 is 0 Å². The molecular formula is C15H18N4S. The normalized spacial score (nSPS) is 13.2. The van der Waals surface area contributed by atoms with E-state index in [-0.39, 0.29) is 0 Å². The molecule has 1 aliphatic heterocycles. The number of nitrogens with one attached hydrogen (secondary N) is 1. The molecule has 2 aromatic rings. The molecule has 3 heterocycles. The van der Waals surface area contributed by atoms with Crippen molar-refractivity contribution >= 4 is 17.6 Å². The van der Waals surface area contributed by atoms with Gasteiger partial charge in [-0.15, -0.1) is 0 Å². The smallest absolute Gasteiger partial charge is 0.135 e. The van der Waals surface area contributed by atoms with Gasteiger partial charge in [0.1, 0.15) is 11.6 Å². The van der Waals surface area contributed by atoms with E-state index in [2.05, 4.69) is 23.3 Å². The summed E-state index contributed by atoms with van der Waals surface area (Å²) in [6.07, 6.45) is 5.51. The fourth-order valence-corrected chi connectivity index (χ4v) is 3.30. The molecule has 5 heteroatoms. The maximum Gasteiger partial charge on any atom is 0.135 e. The second kappa shape index (κ2) is 6.22. The molecule has 0 radical (unpaired) electrons. The molecule has 0 aliphatic carbocycles. The maximum absolute atomic E-state index is 4.72. The second-order valence-corrected chi connectivity index (χ2v) is 5.86. The summed E-state index contributed by atoms with van der Waals surface area (Å²) in [5.74, 6) is 3.94. The largest absolute Gasteiger partial charge is 0.370 e. The predicted octanol–water partition coefficient (Wildman–Crippen LogP) is 3.03. The first kappa shape index (κ1) is 13.4. The number of rotatable bonds is 5. The molecule has 20 heavy (non-hydrogen) atoms. The first-order valence-corrected chi connectivity index (χ1v) is 8.11. The topological polar surface area (TPSA) is 50.7 Å². The van der Waals surface area contributed by atoms with Gasteiger partial charge in [-0.2, -0.15) is 11.8 Å². The summed E-state index contributed by atoms with van der Waals surface area (Å²) < 4.78 is 0. The molecule has 3 rings (SSSR count). The first-order chi connectivity index (χ1) is 9.86. The van der Waals surface area contributed by atoms with Crippen molar-refractivity contribution in [3.8, 4) is 0 Å². The Morgan fingerprint density at radius 2 is 2.25 bits per heavy atom. The lowest BCUT2D eigenvalue weighted by Gasteiger charge is -2.11. The molecule has 1 aliphatic rings. The Morgan fingerprint density at radius 1 is 1.30 bits per heavy atom. The summed E-state index contributed by atoms with van der Waals surface area (Å²) in [6, 6.07) is 4.02. The van der Waals surface area contributed by atoms with Crippen LogP contribution in [0, 0.1) is 0 Å². The van der Waals surface area contributed by atoms with Crippen LogP contribution < -0.4 is 5.32 Å². The van der Waals surface area contributed by atoms with E-state index in [1.807, 2.05) is 24.0 Å². The van der Waals surface area contributed by atoms with Gasteiger partial charge in [0.25, 0.3) is 0 Å². The molecule has 0 spiro atoms. The highest BCUT2D eigenvalue weighted by molar-refractivity contribution is 7.98. The van der Waals surface area contributed by atoms with Crippen LogP contribution in [0.2, 0.25) is 0 Å². The highest BCUT2D eigenvalue weighted by Gasteiger charge is 2.19. The number of pyridine rings is 1. The molecule has 0 saturated carbocycles. The SMILES string of the molecule is CCCNc1nc(Cc2cccnc2)nc2c1CSC2. The van der Waals surface area contributed by atoms with Gasteiger partial charge in [0.15, 0.2) is 0 Å². The minimum absolute atomic E-state index is 0.743. The average molecular weight is 286 g/mol. The van der Waals surface area contributed by atoms with E-state index in [1.54, 1.807) is 6.20 Å². The van der Waals surface area contributed by atoms with E-state index in [0.717, 1.165) is 48.1 Å². The third-order valence-electron chi connectivity index (χ3n) is 3.25. The Bertz CT molecular complexity index is 586. The van der Waals surface area contributed by atoms with Crippen LogP contribution in [-0.2, 0) is 17.9 Å².